The first-order valence-corrected chi connectivity index (χ1v) is 9.57. The molecule has 1 aliphatic rings. The van der Waals surface area contributed by atoms with Crippen molar-refractivity contribution in [3.63, 3.8) is 0 Å². The summed E-state index contributed by atoms with van der Waals surface area (Å²) in [7, 11) is 2.84. The van der Waals surface area contributed by atoms with Crippen LogP contribution in [0.2, 0.25) is 0 Å². The van der Waals surface area contributed by atoms with Gasteiger partial charge in [-0.05, 0) is 5.56 Å². The minimum Gasteiger partial charge on any atom is -0.395 e. The van der Waals surface area contributed by atoms with Gasteiger partial charge in [0.15, 0.2) is 0 Å². The van der Waals surface area contributed by atoms with Gasteiger partial charge in [0.2, 0.25) is 11.6 Å². The number of nitrogens with zero attached hydrogens (tertiary/aromatic N) is 2. The number of likely N-dealkylation sites (N-methyl/N-ethyl adjacent to an activating group) is 1. The van der Waals surface area contributed by atoms with Gasteiger partial charge in [-0.3, -0.25) is 14.4 Å². The number of hydrogen-bond acceptors (Lipinski definition) is 6. The maximum atomic E-state index is 13.5. The number of carbonyl (C=O) groups excluding carboxylic acids is 3. The molecule has 3 rings (SSSR count). The average Bonchev–Trinajstić information content (AvgIpc) is 2.76. The van der Waals surface area contributed by atoms with E-state index < -0.39 is 11.7 Å². The number of allylic oxidation sites excluding steroid dienone is 2. The molecule has 7 nitrogen and oxygen atoms in total. The molecule has 0 saturated heterocycles. The van der Waals surface area contributed by atoms with E-state index >= 15 is 0 Å². The quantitative estimate of drug-likeness (QED) is 0.718. The van der Waals surface area contributed by atoms with Crippen LogP contribution in [-0.4, -0.2) is 66.3 Å². The normalized spacial score (nSPS) is 13.3. The summed E-state index contributed by atoms with van der Waals surface area (Å²) in [6.45, 7) is -0.0213. The van der Waals surface area contributed by atoms with E-state index in [0.29, 0.717) is 6.54 Å². The van der Waals surface area contributed by atoms with Crippen molar-refractivity contribution in [3.05, 3.63) is 82.7 Å². The van der Waals surface area contributed by atoms with E-state index in [-0.39, 0.29) is 48.1 Å². The monoisotopic (exact) mass is 408 g/mol. The number of amides is 1. The number of hydrogen-bond donors (Lipinski definition) is 1. The number of ketones is 2. The topological polar surface area (TPSA) is 87.2 Å². The van der Waals surface area contributed by atoms with Gasteiger partial charge < -0.3 is 19.6 Å². The molecule has 1 N–H and O–H groups in total. The highest BCUT2D eigenvalue weighted by Gasteiger charge is 2.38. The van der Waals surface area contributed by atoms with E-state index in [0.717, 1.165) is 5.56 Å². The Morgan fingerprint density at radius 2 is 1.50 bits per heavy atom. The Bertz CT molecular complexity index is 984. The van der Waals surface area contributed by atoms with Gasteiger partial charge in [-0.1, -0.05) is 54.6 Å². The Morgan fingerprint density at radius 1 is 0.933 bits per heavy atom. The molecule has 0 unspecified atom stereocenters. The van der Waals surface area contributed by atoms with Crippen LogP contribution in [0.3, 0.4) is 0 Å². The van der Waals surface area contributed by atoms with Crippen LogP contribution in [0.1, 0.15) is 26.3 Å². The Hall–Kier alpha value is -3.29. The molecule has 0 heterocycles. The molecule has 0 bridgehead atoms. The highest BCUT2D eigenvalue weighted by molar-refractivity contribution is 6.27. The third kappa shape index (κ3) is 4.17. The van der Waals surface area contributed by atoms with Gasteiger partial charge in [0, 0.05) is 38.4 Å². The van der Waals surface area contributed by atoms with Crippen molar-refractivity contribution in [2.45, 2.75) is 6.54 Å². The minimum absolute atomic E-state index is 0.00914. The summed E-state index contributed by atoms with van der Waals surface area (Å²) in [5.74, 6) is -1.22. The predicted octanol–water partition coefficient (Wildman–Crippen LogP) is 1.88. The minimum atomic E-state index is -0.450. The van der Waals surface area contributed by atoms with Gasteiger partial charge in [-0.25, -0.2) is 0 Å². The number of ether oxygens (including phenoxy) is 1. The number of aliphatic hydroxyl groups excluding tert-OH is 1. The second-order valence-corrected chi connectivity index (χ2v) is 6.92. The Labute approximate surface area is 175 Å². The summed E-state index contributed by atoms with van der Waals surface area (Å²) in [4.78, 5) is 42.2. The molecule has 0 fully saturated rings. The van der Waals surface area contributed by atoms with E-state index in [1.807, 2.05) is 30.3 Å². The fraction of sp³-hybridized carbons (Fsp3) is 0.261. The second-order valence-electron chi connectivity index (χ2n) is 6.92. The highest BCUT2D eigenvalue weighted by Crippen LogP contribution is 2.31. The lowest BCUT2D eigenvalue weighted by Gasteiger charge is -2.33. The largest absolute Gasteiger partial charge is 0.395 e. The fourth-order valence-corrected chi connectivity index (χ4v) is 3.49. The van der Waals surface area contributed by atoms with Crippen molar-refractivity contribution in [1.82, 2.24) is 9.80 Å². The number of carbonyl (C=O) groups is 3. The van der Waals surface area contributed by atoms with Gasteiger partial charge in [-0.2, -0.15) is 0 Å². The maximum Gasteiger partial charge on any atom is 0.252 e. The molecule has 1 amide bonds. The van der Waals surface area contributed by atoms with Crippen molar-refractivity contribution in [2.75, 3.05) is 33.9 Å². The molecular formula is C23H24N2O5. The number of benzene rings is 2. The molecule has 2 aromatic rings. The van der Waals surface area contributed by atoms with Crippen LogP contribution in [0.15, 0.2) is 66.0 Å². The Balaban J connectivity index is 2.16. The van der Waals surface area contributed by atoms with Crippen molar-refractivity contribution in [2.24, 2.45) is 0 Å². The first-order valence-electron chi connectivity index (χ1n) is 9.57. The van der Waals surface area contributed by atoms with Gasteiger partial charge >= 0.3 is 0 Å². The number of methoxy groups -OCH3 is 1. The zero-order valence-electron chi connectivity index (χ0n) is 17.0. The lowest BCUT2D eigenvalue weighted by Crippen LogP contribution is -2.42. The number of fused-ring (bicyclic) bond motifs is 1. The number of aliphatic hydroxyl groups is 1. The summed E-state index contributed by atoms with van der Waals surface area (Å²) in [5.41, 5.74) is 1.53. The van der Waals surface area contributed by atoms with Crippen LogP contribution in [0, 0.1) is 0 Å². The Morgan fingerprint density at radius 3 is 2.07 bits per heavy atom. The van der Waals surface area contributed by atoms with Crippen LogP contribution in [0.4, 0.5) is 0 Å². The second kappa shape index (κ2) is 9.47. The predicted molar refractivity (Wildman–Crippen MR) is 111 cm³/mol. The van der Waals surface area contributed by atoms with Crippen LogP contribution in [0.5, 0.6) is 0 Å². The molecule has 0 aromatic heterocycles. The molecular weight excluding hydrogens is 384 g/mol. The molecule has 30 heavy (non-hydrogen) atoms. The van der Waals surface area contributed by atoms with Gasteiger partial charge in [0.05, 0.1) is 6.61 Å². The molecule has 0 saturated carbocycles. The third-order valence-electron chi connectivity index (χ3n) is 4.95. The average molecular weight is 408 g/mol. The summed E-state index contributed by atoms with van der Waals surface area (Å²) in [6, 6.07) is 16.0. The van der Waals surface area contributed by atoms with Crippen molar-refractivity contribution < 1.29 is 24.2 Å². The summed E-state index contributed by atoms with van der Waals surface area (Å²) in [6.07, 6.45) is 0. The summed E-state index contributed by atoms with van der Waals surface area (Å²) >= 11 is 0. The molecule has 0 radical (unpaired) electrons. The highest BCUT2D eigenvalue weighted by atomic mass is 16.5. The van der Waals surface area contributed by atoms with E-state index in [2.05, 4.69) is 0 Å². The van der Waals surface area contributed by atoms with E-state index in [1.54, 1.807) is 29.2 Å². The summed E-state index contributed by atoms with van der Waals surface area (Å²) in [5, 5.41) is 9.65. The van der Waals surface area contributed by atoms with Crippen LogP contribution >= 0.6 is 0 Å². The molecule has 1 aliphatic carbocycles. The standard InChI is InChI=1S/C23H24N2O5/c1-24(19(27)15-30-2)20-21(23(29)18-11-7-6-10-17(18)22(20)28)25(12-13-26)14-16-8-4-3-5-9-16/h3-11,26H,12-15H2,1-2H3. The van der Waals surface area contributed by atoms with E-state index in [1.165, 1.54) is 19.1 Å². The number of rotatable bonds is 8. The number of Topliss-reactive ketones (excluding diaryl/α,β-unsaturated/α-hetero) is 2. The lowest BCUT2D eigenvalue weighted by molar-refractivity contribution is -0.131. The molecule has 2 aromatic carbocycles. The molecule has 0 atom stereocenters. The third-order valence-corrected chi connectivity index (χ3v) is 4.95. The van der Waals surface area contributed by atoms with Crippen molar-refractivity contribution in [3.8, 4) is 0 Å². The van der Waals surface area contributed by atoms with Gasteiger partial charge in [-0.15, -0.1) is 0 Å². The van der Waals surface area contributed by atoms with Gasteiger partial charge in [0.25, 0.3) is 5.91 Å². The molecule has 0 spiro atoms. The maximum absolute atomic E-state index is 13.5. The first kappa shape index (κ1) is 21.4. The lowest BCUT2D eigenvalue weighted by atomic mass is 9.89. The first-order chi connectivity index (χ1) is 14.5. The van der Waals surface area contributed by atoms with E-state index in [9.17, 15) is 19.5 Å². The van der Waals surface area contributed by atoms with Crippen LogP contribution in [-0.2, 0) is 16.1 Å². The molecule has 156 valence electrons. The van der Waals surface area contributed by atoms with Crippen molar-refractivity contribution >= 4 is 17.5 Å². The molecule has 0 aliphatic heterocycles. The summed E-state index contributed by atoms with van der Waals surface area (Å²) < 4.78 is 4.92. The van der Waals surface area contributed by atoms with Crippen LogP contribution in [0.25, 0.3) is 0 Å². The molecule has 7 heteroatoms. The Kier molecular flexibility index (Phi) is 6.76. The van der Waals surface area contributed by atoms with Crippen LogP contribution < -0.4 is 0 Å². The SMILES string of the molecule is COCC(=O)N(C)C1=C(N(CCO)Cc2ccccc2)C(=O)c2ccccc2C1=O. The smallest absolute Gasteiger partial charge is 0.252 e. The zero-order chi connectivity index (χ0) is 21.7. The fourth-order valence-electron chi connectivity index (χ4n) is 3.49. The zero-order valence-corrected chi connectivity index (χ0v) is 17.0. The van der Waals surface area contributed by atoms with Crippen molar-refractivity contribution in [1.29, 1.82) is 0 Å². The van der Waals surface area contributed by atoms with E-state index in [4.69, 9.17) is 4.74 Å². The van der Waals surface area contributed by atoms with Gasteiger partial charge in [0.1, 0.15) is 18.0 Å².